The maximum Gasteiger partial charge on any atom is 0.150 e. The smallest absolute Gasteiger partial charge is 0.150 e. The Kier molecular flexibility index (Phi) is 4.48. The number of benzene rings is 1. The van der Waals surface area contributed by atoms with Crippen molar-refractivity contribution in [3.63, 3.8) is 0 Å². The summed E-state index contributed by atoms with van der Waals surface area (Å²) in [7, 11) is 0. The van der Waals surface area contributed by atoms with E-state index >= 15 is 0 Å². The molecule has 0 saturated heterocycles. The van der Waals surface area contributed by atoms with Crippen LogP contribution in [-0.2, 0) is 11.2 Å². The molecular formula is C13H14O2. The lowest BCUT2D eigenvalue weighted by Gasteiger charge is -2.02. The molecule has 0 atom stereocenters. The van der Waals surface area contributed by atoms with Gasteiger partial charge < -0.3 is 0 Å². The Balaban J connectivity index is 2.67. The standard InChI is InChI=1S/C13H14O2/c1-2-3-8-13(15)9-11-6-4-5-7-12(11)10-14/h2,4-7,10H,1,3,8-9H2. The van der Waals surface area contributed by atoms with Crippen molar-refractivity contribution in [2.45, 2.75) is 19.3 Å². The summed E-state index contributed by atoms with van der Waals surface area (Å²) in [6.07, 6.45) is 4.04. The van der Waals surface area contributed by atoms with E-state index in [0.29, 0.717) is 24.8 Å². The SMILES string of the molecule is C=CCCC(=O)Cc1ccccc1C=O. The molecule has 0 N–H and O–H groups in total. The van der Waals surface area contributed by atoms with Gasteiger partial charge in [0.05, 0.1) is 0 Å². The van der Waals surface area contributed by atoms with Gasteiger partial charge in [-0.15, -0.1) is 6.58 Å². The number of ketones is 1. The van der Waals surface area contributed by atoms with E-state index in [0.717, 1.165) is 11.8 Å². The van der Waals surface area contributed by atoms with E-state index in [9.17, 15) is 9.59 Å². The van der Waals surface area contributed by atoms with Crippen LogP contribution in [0, 0.1) is 0 Å². The van der Waals surface area contributed by atoms with Crippen molar-refractivity contribution in [1.82, 2.24) is 0 Å². The highest BCUT2D eigenvalue weighted by atomic mass is 16.1. The predicted octanol–water partition coefficient (Wildman–Crippen LogP) is 2.58. The van der Waals surface area contributed by atoms with Gasteiger partial charge >= 0.3 is 0 Å². The summed E-state index contributed by atoms with van der Waals surface area (Å²) in [6, 6.07) is 7.17. The molecule has 0 fully saturated rings. The monoisotopic (exact) mass is 202 g/mol. The van der Waals surface area contributed by atoms with Crippen molar-refractivity contribution in [3.8, 4) is 0 Å². The zero-order valence-electron chi connectivity index (χ0n) is 8.61. The van der Waals surface area contributed by atoms with Gasteiger partial charge in [-0.3, -0.25) is 9.59 Å². The average Bonchev–Trinajstić information content (AvgIpc) is 2.27. The molecule has 15 heavy (non-hydrogen) atoms. The quantitative estimate of drug-likeness (QED) is 0.525. The fourth-order valence-electron chi connectivity index (χ4n) is 1.37. The van der Waals surface area contributed by atoms with E-state index in [-0.39, 0.29) is 5.78 Å². The van der Waals surface area contributed by atoms with E-state index in [1.807, 2.05) is 12.1 Å². The van der Waals surface area contributed by atoms with Gasteiger partial charge in [-0.05, 0) is 12.0 Å². The highest BCUT2D eigenvalue weighted by molar-refractivity contribution is 5.85. The molecule has 0 spiro atoms. The highest BCUT2D eigenvalue weighted by Gasteiger charge is 2.06. The Morgan fingerprint density at radius 1 is 1.33 bits per heavy atom. The van der Waals surface area contributed by atoms with E-state index in [1.54, 1.807) is 18.2 Å². The molecule has 0 heterocycles. The first kappa shape index (κ1) is 11.4. The minimum atomic E-state index is 0.143. The number of aldehydes is 1. The van der Waals surface area contributed by atoms with E-state index in [2.05, 4.69) is 6.58 Å². The molecule has 1 aromatic rings. The number of hydrogen-bond donors (Lipinski definition) is 0. The maximum absolute atomic E-state index is 11.5. The predicted molar refractivity (Wildman–Crippen MR) is 60.0 cm³/mol. The fourth-order valence-corrected chi connectivity index (χ4v) is 1.37. The topological polar surface area (TPSA) is 34.1 Å². The van der Waals surface area contributed by atoms with Crippen LogP contribution in [0.1, 0.15) is 28.8 Å². The third-order valence-corrected chi connectivity index (χ3v) is 2.20. The highest BCUT2D eigenvalue weighted by Crippen LogP contribution is 2.09. The molecule has 2 nitrogen and oxygen atoms in total. The van der Waals surface area contributed by atoms with Gasteiger partial charge in [-0.25, -0.2) is 0 Å². The number of carbonyl (C=O) groups is 2. The molecule has 1 aromatic carbocycles. The van der Waals surface area contributed by atoms with Gasteiger partial charge in [0.25, 0.3) is 0 Å². The zero-order valence-corrected chi connectivity index (χ0v) is 8.61. The van der Waals surface area contributed by atoms with Crippen LogP contribution < -0.4 is 0 Å². The Bertz CT molecular complexity index is 367. The van der Waals surface area contributed by atoms with Crippen molar-refractivity contribution < 1.29 is 9.59 Å². The summed E-state index contributed by atoms with van der Waals surface area (Å²) in [4.78, 5) is 22.2. The van der Waals surface area contributed by atoms with E-state index in [1.165, 1.54) is 0 Å². The maximum atomic E-state index is 11.5. The van der Waals surface area contributed by atoms with E-state index in [4.69, 9.17) is 0 Å². The second-order valence-corrected chi connectivity index (χ2v) is 3.36. The summed E-state index contributed by atoms with van der Waals surface area (Å²) >= 11 is 0. The first-order chi connectivity index (χ1) is 7.27. The molecule has 2 heteroatoms. The molecule has 0 bridgehead atoms. The second kappa shape index (κ2) is 5.91. The van der Waals surface area contributed by atoms with E-state index < -0.39 is 0 Å². The average molecular weight is 202 g/mol. The summed E-state index contributed by atoms with van der Waals surface area (Å²) in [5.74, 6) is 0.143. The van der Waals surface area contributed by atoms with Crippen LogP contribution in [0.2, 0.25) is 0 Å². The molecular weight excluding hydrogens is 188 g/mol. The number of Topliss-reactive ketones (excluding diaryl/α,β-unsaturated/α-hetero) is 1. The molecule has 0 aliphatic heterocycles. The number of hydrogen-bond acceptors (Lipinski definition) is 2. The lowest BCUT2D eigenvalue weighted by Crippen LogP contribution is -2.04. The molecule has 0 aliphatic carbocycles. The Labute approximate surface area is 89.6 Å². The van der Waals surface area contributed by atoms with Gasteiger partial charge in [0, 0.05) is 18.4 Å². The molecule has 0 aromatic heterocycles. The van der Waals surface area contributed by atoms with Crippen LogP contribution in [0.3, 0.4) is 0 Å². The molecule has 1 rings (SSSR count). The summed E-state index contributed by atoms with van der Waals surface area (Å²) in [5, 5.41) is 0. The summed E-state index contributed by atoms with van der Waals surface area (Å²) in [5.41, 5.74) is 1.41. The van der Waals surface area contributed by atoms with Crippen LogP contribution in [-0.4, -0.2) is 12.1 Å². The number of rotatable bonds is 6. The van der Waals surface area contributed by atoms with Gasteiger partial charge in [-0.1, -0.05) is 30.3 Å². The van der Waals surface area contributed by atoms with Crippen molar-refractivity contribution >= 4 is 12.1 Å². The lowest BCUT2D eigenvalue weighted by molar-refractivity contribution is -0.118. The first-order valence-corrected chi connectivity index (χ1v) is 4.93. The minimum Gasteiger partial charge on any atom is -0.299 e. The number of carbonyl (C=O) groups excluding carboxylic acids is 2. The second-order valence-electron chi connectivity index (χ2n) is 3.36. The van der Waals surface area contributed by atoms with Gasteiger partial charge in [0.2, 0.25) is 0 Å². The third-order valence-electron chi connectivity index (χ3n) is 2.20. The Morgan fingerprint density at radius 2 is 2.07 bits per heavy atom. The van der Waals surface area contributed by atoms with Crippen LogP contribution in [0.4, 0.5) is 0 Å². The van der Waals surface area contributed by atoms with Crippen LogP contribution in [0.5, 0.6) is 0 Å². The largest absolute Gasteiger partial charge is 0.299 e. The first-order valence-electron chi connectivity index (χ1n) is 4.93. The molecule has 0 aliphatic rings. The lowest BCUT2D eigenvalue weighted by atomic mass is 10.0. The van der Waals surface area contributed by atoms with Crippen LogP contribution in [0.25, 0.3) is 0 Å². The summed E-state index contributed by atoms with van der Waals surface area (Å²) in [6.45, 7) is 3.57. The molecule has 0 saturated carbocycles. The van der Waals surface area contributed by atoms with Crippen LogP contribution >= 0.6 is 0 Å². The Hall–Kier alpha value is -1.70. The number of allylic oxidation sites excluding steroid dienone is 1. The van der Waals surface area contributed by atoms with Crippen molar-refractivity contribution in [2.24, 2.45) is 0 Å². The van der Waals surface area contributed by atoms with Crippen molar-refractivity contribution in [1.29, 1.82) is 0 Å². The Morgan fingerprint density at radius 3 is 2.73 bits per heavy atom. The van der Waals surface area contributed by atoms with Crippen molar-refractivity contribution in [2.75, 3.05) is 0 Å². The minimum absolute atomic E-state index is 0.143. The molecule has 0 amide bonds. The van der Waals surface area contributed by atoms with Gasteiger partial charge in [-0.2, -0.15) is 0 Å². The fraction of sp³-hybridized carbons (Fsp3) is 0.231. The van der Waals surface area contributed by atoms with Crippen LogP contribution in [0.15, 0.2) is 36.9 Å². The third kappa shape index (κ3) is 3.50. The van der Waals surface area contributed by atoms with Gasteiger partial charge in [0.1, 0.15) is 12.1 Å². The normalized spacial score (nSPS) is 9.60. The zero-order chi connectivity index (χ0) is 11.1. The molecule has 0 radical (unpaired) electrons. The molecule has 78 valence electrons. The van der Waals surface area contributed by atoms with Crippen molar-refractivity contribution in [3.05, 3.63) is 48.0 Å². The molecule has 0 unspecified atom stereocenters. The summed E-state index contributed by atoms with van der Waals surface area (Å²) < 4.78 is 0. The van der Waals surface area contributed by atoms with Gasteiger partial charge in [0.15, 0.2) is 0 Å².